The van der Waals surface area contributed by atoms with E-state index >= 15 is 0 Å². The third-order valence-electron chi connectivity index (χ3n) is 12.5. The maximum atomic E-state index is 3.71. The third kappa shape index (κ3) is 44.3. The van der Waals surface area contributed by atoms with Gasteiger partial charge in [-0.2, -0.15) is 0 Å². The fourth-order valence-corrected chi connectivity index (χ4v) is 8.76. The van der Waals surface area contributed by atoms with Crippen LogP contribution in [-0.2, 0) is 0 Å². The molecule has 1 fully saturated rings. The van der Waals surface area contributed by atoms with Crippen molar-refractivity contribution in [1.82, 2.24) is 5.32 Å². The quantitative estimate of drug-likeness (QED) is 0.263. The lowest BCUT2D eigenvalue weighted by atomic mass is 10.0. The Balaban J connectivity index is 2.00. The highest BCUT2D eigenvalue weighted by atomic mass is 14.8. The number of nitrogens with one attached hydrogen (secondary N) is 1. The number of hydrogen-bond acceptors (Lipinski definition) is 1. The predicted molar refractivity (Wildman–Crippen MR) is 234 cm³/mol. The lowest BCUT2D eigenvalue weighted by molar-refractivity contribution is 0.508. The summed E-state index contributed by atoms with van der Waals surface area (Å²) in [4.78, 5) is 0. The molecule has 1 heterocycles. The monoisotopic (exact) mass is 716 g/mol. The summed E-state index contributed by atoms with van der Waals surface area (Å²) < 4.78 is 0. The third-order valence-corrected chi connectivity index (χ3v) is 12.5. The molecule has 1 N–H and O–H groups in total. The molecule has 1 aliphatic heterocycles. The molecule has 51 heavy (non-hydrogen) atoms. The minimum Gasteiger partial charge on any atom is -0.317 e. The largest absolute Gasteiger partial charge is 0.317 e. The maximum Gasteiger partial charge on any atom is -0.00489 e. The zero-order valence-electron chi connectivity index (χ0n) is 35.9. The summed E-state index contributed by atoms with van der Waals surface area (Å²) in [5.41, 5.74) is 0. The van der Waals surface area contributed by atoms with Crippen LogP contribution in [0.25, 0.3) is 0 Å². The molecular formula is C50H101N. The van der Waals surface area contributed by atoms with Crippen LogP contribution in [0, 0.1) is 0 Å². The molecule has 0 saturated carbocycles. The van der Waals surface area contributed by atoms with Gasteiger partial charge in [0.05, 0.1) is 0 Å². The lowest BCUT2D eigenvalue weighted by Crippen LogP contribution is -2.16. The van der Waals surface area contributed by atoms with Crippen LogP contribution in [0.5, 0.6) is 0 Å². The molecule has 0 bridgehead atoms. The smallest absolute Gasteiger partial charge is 0.00489 e. The minimum absolute atomic E-state index is 1.25. The van der Waals surface area contributed by atoms with Gasteiger partial charge in [-0.25, -0.2) is 0 Å². The summed E-state index contributed by atoms with van der Waals surface area (Å²) in [6.07, 6.45) is 71.3. The maximum absolute atomic E-state index is 3.71. The van der Waals surface area contributed by atoms with Crippen LogP contribution in [0.1, 0.15) is 308 Å². The number of rotatable bonds is 0. The van der Waals surface area contributed by atoms with Crippen molar-refractivity contribution in [2.24, 2.45) is 0 Å². The SMILES string of the molecule is C1CCCCCCCCCCCCCCCCCCCCCCCCCNCCCCCCCCCCCCCCCCCCCCCCCC1. The van der Waals surface area contributed by atoms with Gasteiger partial charge in [-0.3, -0.25) is 0 Å². The fraction of sp³-hybridized carbons (Fsp3) is 1.00. The molecule has 0 radical (unpaired) electrons. The van der Waals surface area contributed by atoms with Crippen LogP contribution in [0.3, 0.4) is 0 Å². The van der Waals surface area contributed by atoms with Crippen molar-refractivity contribution in [1.29, 1.82) is 0 Å². The molecule has 1 nitrogen and oxygen atoms in total. The molecule has 0 spiro atoms. The van der Waals surface area contributed by atoms with E-state index in [0.29, 0.717) is 0 Å². The highest BCUT2D eigenvalue weighted by molar-refractivity contribution is 4.56. The molecule has 0 atom stereocenters. The molecule has 0 amide bonds. The normalized spacial score (nSPS) is 24.0. The second-order valence-electron chi connectivity index (χ2n) is 17.7. The highest BCUT2D eigenvalue weighted by Crippen LogP contribution is 2.18. The van der Waals surface area contributed by atoms with E-state index in [1.807, 2.05) is 0 Å². The molecule has 1 heteroatoms. The first kappa shape index (κ1) is 49.0. The van der Waals surface area contributed by atoms with Crippen molar-refractivity contribution < 1.29 is 0 Å². The Labute approximate surface area is 325 Å². The summed E-state index contributed by atoms with van der Waals surface area (Å²) in [5.74, 6) is 0. The van der Waals surface area contributed by atoms with Crippen molar-refractivity contribution in [2.45, 2.75) is 308 Å². The molecule has 1 rings (SSSR count). The first-order chi connectivity index (χ1) is 25.5. The summed E-state index contributed by atoms with van der Waals surface area (Å²) in [6.45, 7) is 2.50. The van der Waals surface area contributed by atoms with Crippen LogP contribution >= 0.6 is 0 Å². The molecule has 0 aromatic carbocycles. The Hall–Kier alpha value is -0.0400. The summed E-state index contributed by atoms with van der Waals surface area (Å²) in [6, 6.07) is 0. The Bertz CT molecular complexity index is 296. The molecule has 0 aromatic rings. The van der Waals surface area contributed by atoms with Crippen LogP contribution in [-0.4, -0.2) is 13.1 Å². The van der Waals surface area contributed by atoms with Gasteiger partial charge in [-0.15, -0.1) is 0 Å². The van der Waals surface area contributed by atoms with E-state index in [-0.39, 0.29) is 0 Å². The standard InChI is InChI=1S/C50H101N/c1-2-4-6-8-10-12-14-16-18-20-22-24-26-28-30-32-34-36-38-40-42-44-46-48-50-51-49-47-45-43-41-39-37-35-33-31-29-27-25-23-21-19-17-15-13-11-9-7-5-3-1/h51H,1-50H2. The van der Waals surface area contributed by atoms with Crippen molar-refractivity contribution in [2.75, 3.05) is 13.1 Å². The molecule has 1 aliphatic rings. The average Bonchev–Trinajstić information content (AvgIpc) is 3.14. The van der Waals surface area contributed by atoms with Gasteiger partial charge in [0, 0.05) is 0 Å². The van der Waals surface area contributed by atoms with Crippen molar-refractivity contribution in [3.8, 4) is 0 Å². The van der Waals surface area contributed by atoms with E-state index in [0.717, 1.165) is 0 Å². The second kappa shape index (κ2) is 46.1. The Morgan fingerprint density at radius 2 is 0.176 bits per heavy atom. The minimum atomic E-state index is 1.25. The van der Waals surface area contributed by atoms with E-state index in [1.54, 1.807) is 0 Å². The Morgan fingerprint density at radius 1 is 0.0980 bits per heavy atom. The average molecular weight is 716 g/mol. The van der Waals surface area contributed by atoms with Gasteiger partial charge in [0.1, 0.15) is 0 Å². The van der Waals surface area contributed by atoms with Gasteiger partial charge in [-0.1, -0.05) is 295 Å². The van der Waals surface area contributed by atoms with Crippen molar-refractivity contribution in [3.63, 3.8) is 0 Å². The molecule has 0 aliphatic carbocycles. The van der Waals surface area contributed by atoms with Gasteiger partial charge in [-0.05, 0) is 25.9 Å². The van der Waals surface area contributed by atoms with Gasteiger partial charge in [0.25, 0.3) is 0 Å². The molecular weight excluding hydrogens is 615 g/mol. The highest BCUT2D eigenvalue weighted by Gasteiger charge is 1.99. The first-order valence-corrected chi connectivity index (χ1v) is 25.2. The van der Waals surface area contributed by atoms with E-state index in [9.17, 15) is 0 Å². The predicted octanol–water partition coefficient (Wildman–Crippen LogP) is 18.3. The van der Waals surface area contributed by atoms with Crippen LogP contribution in [0.15, 0.2) is 0 Å². The van der Waals surface area contributed by atoms with Gasteiger partial charge >= 0.3 is 0 Å². The van der Waals surface area contributed by atoms with Crippen LogP contribution in [0.4, 0.5) is 0 Å². The topological polar surface area (TPSA) is 12.0 Å². The van der Waals surface area contributed by atoms with E-state index in [1.165, 1.54) is 321 Å². The molecule has 0 aromatic heterocycles. The van der Waals surface area contributed by atoms with Gasteiger partial charge in [0.2, 0.25) is 0 Å². The summed E-state index contributed by atoms with van der Waals surface area (Å²) >= 11 is 0. The van der Waals surface area contributed by atoms with Crippen molar-refractivity contribution >= 4 is 0 Å². The number of hydrogen-bond donors (Lipinski definition) is 1. The van der Waals surface area contributed by atoms with Crippen molar-refractivity contribution in [3.05, 3.63) is 0 Å². The van der Waals surface area contributed by atoms with Crippen LogP contribution in [0.2, 0.25) is 0 Å². The van der Waals surface area contributed by atoms with Gasteiger partial charge < -0.3 is 5.32 Å². The summed E-state index contributed by atoms with van der Waals surface area (Å²) in [5, 5.41) is 3.71. The van der Waals surface area contributed by atoms with E-state index in [4.69, 9.17) is 0 Å². The van der Waals surface area contributed by atoms with E-state index in [2.05, 4.69) is 5.32 Å². The van der Waals surface area contributed by atoms with E-state index < -0.39 is 0 Å². The molecule has 0 unspecified atom stereocenters. The van der Waals surface area contributed by atoms with Crippen LogP contribution < -0.4 is 5.32 Å². The first-order valence-electron chi connectivity index (χ1n) is 25.2. The lowest BCUT2D eigenvalue weighted by Gasteiger charge is -2.06. The second-order valence-corrected chi connectivity index (χ2v) is 17.7. The fourth-order valence-electron chi connectivity index (χ4n) is 8.76. The Kier molecular flexibility index (Phi) is 44.3. The van der Waals surface area contributed by atoms with Gasteiger partial charge in [0.15, 0.2) is 0 Å². The molecule has 1 saturated heterocycles. The zero-order valence-corrected chi connectivity index (χ0v) is 35.9. The molecule has 306 valence electrons. The summed E-state index contributed by atoms with van der Waals surface area (Å²) in [7, 11) is 0. The zero-order chi connectivity index (χ0) is 36.1. The Morgan fingerprint density at radius 3 is 0.275 bits per heavy atom.